The molecule has 0 atom stereocenters. The maximum atomic E-state index is 13.2. The lowest BCUT2D eigenvalue weighted by Gasteiger charge is -2.11. The van der Waals surface area contributed by atoms with Crippen LogP contribution >= 0.6 is 0 Å². The smallest absolute Gasteiger partial charge is 0.319 e. The molecule has 0 unspecified atom stereocenters. The van der Waals surface area contributed by atoms with Gasteiger partial charge in [-0.3, -0.25) is 4.98 Å². The molecule has 0 N–H and O–H groups in total. The van der Waals surface area contributed by atoms with Gasteiger partial charge in [-0.1, -0.05) is 25.5 Å². The van der Waals surface area contributed by atoms with Crippen LogP contribution in [0.2, 0.25) is 0 Å². The number of imidazole rings is 1. The number of benzene rings is 1. The normalized spacial score (nSPS) is 12.4. The van der Waals surface area contributed by atoms with Crippen LogP contribution in [0, 0.1) is 0 Å². The highest BCUT2D eigenvalue weighted by atomic mass is 19.4. The Morgan fingerprint density at radius 2 is 2.00 bits per heavy atom. The van der Waals surface area contributed by atoms with Crippen molar-refractivity contribution in [2.24, 2.45) is 0 Å². The molecule has 0 spiro atoms. The fraction of sp³-hybridized carbons (Fsp3) is 0.333. The second-order valence-corrected chi connectivity index (χ2v) is 4.95. The van der Waals surface area contributed by atoms with Crippen LogP contribution < -0.4 is 0 Å². The van der Waals surface area contributed by atoms with Crippen molar-refractivity contribution in [2.75, 3.05) is 0 Å². The zero-order chi connectivity index (χ0) is 15.0. The van der Waals surface area contributed by atoms with Crippen LogP contribution in [0.3, 0.4) is 0 Å². The molecule has 0 bridgehead atoms. The summed E-state index contributed by atoms with van der Waals surface area (Å²) in [5.74, 6) is -0.843. The molecular formula is C15H14F3N3. The van der Waals surface area contributed by atoms with Crippen molar-refractivity contribution < 1.29 is 13.2 Å². The van der Waals surface area contributed by atoms with E-state index in [0.29, 0.717) is 23.0 Å². The molecule has 110 valence electrons. The molecule has 2 heterocycles. The molecule has 0 aliphatic heterocycles. The summed E-state index contributed by atoms with van der Waals surface area (Å²) in [6, 6.07) is 6.98. The summed E-state index contributed by atoms with van der Waals surface area (Å²) < 4.78 is 40.9. The molecule has 6 heteroatoms. The molecule has 0 amide bonds. The Morgan fingerprint density at radius 3 is 2.71 bits per heavy atom. The molecule has 21 heavy (non-hydrogen) atoms. The quantitative estimate of drug-likeness (QED) is 0.716. The van der Waals surface area contributed by atoms with E-state index in [1.807, 2.05) is 13.0 Å². The molecule has 0 aliphatic rings. The van der Waals surface area contributed by atoms with Crippen molar-refractivity contribution >= 4 is 21.9 Å². The lowest BCUT2D eigenvalue weighted by atomic mass is 10.2. The lowest BCUT2D eigenvalue weighted by molar-refractivity contribution is -0.146. The van der Waals surface area contributed by atoms with Crippen LogP contribution in [0.5, 0.6) is 0 Å². The van der Waals surface area contributed by atoms with Crippen LogP contribution in [-0.2, 0) is 12.7 Å². The van der Waals surface area contributed by atoms with Gasteiger partial charge in [-0.25, -0.2) is 4.98 Å². The second kappa shape index (κ2) is 5.02. The second-order valence-electron chi connectivity index (χ2n) is 4.95. The SMILES string of the molecule is CCCCn1c(C(F)(F)F)nc2ccc3cccnc3c21. The van der Waals surface area contributed by atoms with Crippen LogP contribution in [0.25, 0.3) is 21.9 Å². The van der Waals surface area contributed by atoms with E-state index in [9.17, 15) is 13.2 Å². The first-order chi connectivity index (χ1) is 10.0. The van der Waals surface area contributed by atoms with Crippen molar-refractivity contribution in [1.29, 1.82) is 0 Å². The fourth-order valence-corrected chi connectivity index (χ4v) is 2.51. The number of nitrogens with zero attached hydrogens (tertiary/aromatic N) is 3. The third-order valence-corrected chi connectivity index (χ3v) is 3.47. The predicted octanol–water partition coefficient (Wildman–Crippen LogP) is 4.40. The Balaban J connectivity index is 2.36. The van der Waals surface area contributed by atoms with E-state index in [2.05, 4.69) is 9.97 Å². The number of pyridine rings is 1. The summed E-state index contributed by atoms with van der Waals surface area (Å²) in [7, 11) is 0. The maximum absolute atomic E-state index is 13.2. The van der Waals surface area contributed by atoms with Gasteiger partial charge in [0.25, 0.3) is 0 Å². The van der Waals surface area contributed by atoms with E-state index in [0.717, 1.165) is 11.8 Å². The number of rotatable bonds is 3. The molecule has 1 aromatic carbocycles. The minimum absolute atomic E-state index is 0.289. The maximum Gasteiger partial charge on any atom is 0.449 e. The Morgan fingerprint density at radius 1 is 1.19 bits per heavy atom. The molecule has 3 rings (SSSR count). The van der Waals surface area contributed by atoms with Gasteiger partial charge in [-0.15, -0.1) is 0 Å². The van der Waals surface area contributed by atoms with E-state index in [4.69, 9.17) is 0 Å². The molecule has 2 aromatic heterocycles. The molecule has 3 aromatic rings. The van der Waals surface area contributed by atoms with Crippen molar-refractivity contribution in [3.8, 4) is 0 Å². The Hall–Kier alpha value is -2.11. The fourth-order valence-electron chi connectivity index (χ4n) is 2.51. The number of alkyl halides is 3. The van der Waals surface area contributed by atoms with Gasteiger partial charge in [-0.05, 0) is 18.6 Å². The molecule has 0 radical (unpaired) electrons. The topological polar surface area (TPSA) is 30.7 Å². The number of hydrogen-bond acceptors (Lipinski definition) is 2. The highest BCUT2D eigenvalue weighted by Crippen LogP contribution is 2.34. The first kappa shape index (κ1) is 13.9. The Bertz CT molecular complexity index is 790. The monoisotopic (exact) mass is 293 g/mol. The van der Waals surface area contributed by atoms with E-state index in [1.54, 1.807) is 24.4 Å². The van der Waals surface area contributed by atoms with E-state index in [-0.39, 0.29) is 6.54 Å². The Kier molecular flexibility index (Phi) is 3.31. The number of hydrogen-bond donors (Lipinski definition) is 0. The van der Waals surface area contributed by atoms with Gasteiger partial charge in [0.15, 0.2) is 0 Å². The largest absolute Gasteiger partial charge is 0.449 e. The number of halogens is 3. The Labute approximate surface area is 119 Å². The number of aromatic nitrogens is 3. The van der Waals surface area contributed by atoms with Gasteiger partial charge in [0.2, 0.25) is 5.82 Å². The predicted molar refractivity (Wildman–Crippen MR) is 74.9 cm³/mol. The van der Waals surface area contributed by atoms with Crippen LogP contribution in [-0.4, -0.2) is 14.5 Å². The third-order valence-electron chi connectivity index (χ3n) is 3.47. The molecule has 0 saturated heterocycles. The first-order valence-electron chi connectivity index (χ1n) is 6.83. The van der Waals surface area contributed by atoms with Gasteiger partial charge >= 0.3 is 6.18 Å². The van der Waals surface area contributed by atoms with E-state index >= 15 is 0 Å². The summed E-state index contributed by atoms with van der Waals surface area (Å²) in [5.41, 5.74) is 1.37. The van der Waals surface area contributed by atoms with Gasteiger partial charge in [0, 0.05) is 18.1 Å². The number of fused-ring (bicyclic) bond motifs is 3. The summed E-state index contributed by atoms with van der Waals surface area (Å²) in [6.45, 7) is 2.24. The van der Waals surface area contributed by atoms with E-state index in [1.165, 1.54) is 4.57 Å². The van der Waals surface area contributed by atoms with Gasteiger partial charge in [0.05, 0.1) is 16.6 Å². The summed E-state index contributed by atoms with van der Waals surface area (Å²) in [5, 5.41) is 0.816. The average Bonchev–Trinajstić information content (AvgIpc) is 2.84. The van der Waals surface area contributed by atoms with Crippen molar-refractivity contribution in [2.45, 2.75) is 32.5 Å². The number of unbranched alkanes of at least 4 members (excludes halogenated alkanes) is 1. The van der Waals surface area contributed by atoms with Crippen LogP contribution in [0.4, 0.5) is 13.2 Å². The minimum Gasteiger partial charge on any atom is -0.319 e. The molecule has 0 saturated carbocycles. The van der Waals surface area contributed by atoms with Crippen molar-refractivity contribution in [3.05, 3.63) is 36.3 Å². The van der Waals surface area contributed by atoms with Gasteiger partial charge in [-0.2, -0.15) is 13.2 Å². The third kappa shape index (κ3) is 2.34. The highest BCUT2D eigenvalue weighted by molar-refractivity contribution is 6.01. The number of aryl methyl sites for hydroxylation is 1. The minimum atomic E-state index is -4.46. The highest BCUT2D eigenvalue weighted by Gasteiger charge is 2.37. The van der Waals surface area contributed by atoms with Crippen molar-refractivity contribution in [3.63, 3.8) is 0 Å². The lowest BCUT2D eigenvalue weighted by Crippen LogP contribution is -2.15. The zero-order valence-electron chi connectivity index (χ0n) is 11.5. The zero-order valence-corrected chi connectivity index (χ0v) is 11.5. The van der Waals surface area contributed by atoms with Gasteiger partial charge < -0.3 is 4.57 Å². The van der Waals surface area contributed by atoms with Crippen LogP contribution in [0.15, 0.2) is 30.5 Å². The molecule has 3 nitrogen and oxygen atoms in total. The van der Waals surface area contributed by atoms with Crippen LogP contribution in [0.1, 0.15) is 25.6 Å². The standard InChI is InChI=1S/C15H14F3N3/c1-2-3-9-21-13-11(20-14(21)15(16,17)18)7-6-10-5-4-8-19-12(10)13/h4-8H,2-3,9H2,1H3. The van der Waals surface area contributed by atoms with Gasteiger partial charge in [0.1, 0.15) is 0 Å². The van der Waals surface area contributed by atoms with E-state index < -0.39 is 12.0 Å². The summed E-state index contributed by atoms with van der Waals surface area (Å²) >= 11 is 0. The summed E-state index contributed by atoms with van der Waals surface area (Å²) in [6.07, 6.45) is -1.40. The first-order valence-corrected chi connectivity index (χ1v) is 6.83. The molecule has 0 aliphatic carbocycles. The summed E-state index contributed by atoms with van der Waals surface area (Å²) in [4.78, 5) is 8.03. The van der Waals surface area contributed by atoms with Crippen molar-refractivity contribution in [1.82, 2.24) is 14.5 Å². The molecule has 0 fully saturated rings. The average molecular weight is 293 g/mol. The molecular weight excluding hydrogens is 279 g/mol.